The highest BCUT2D eigenvalue weighted by Gasteiger charge is 2.34. The second-order valence-corrected chi connectivity index (χ2v) is 12.2. The molecule has 16 heteroatoms. The van der Waals surface area contributed by atoms with Gasteiger partial charge in [-0.1, -0.05) is 31.9 Å². The summed E-state index contributed by atoms with van der Waals surface area (Å²) in [6.07, 6.45) is 4.26. The highest BCUT2D eigenvalue weighted by Crippen LogP contribution is 2.18. The predicted molar refractivity (Wildman–Crippen MR) is 178 cm³/mol. The Balaban J connectivity index is 2.28. The van der Waals surface area contributed by atoms with E-state index in [2.05, 4.69) is 6.92 Å². The number of aliphatic carboxylic acids is 4. The van der Waals surface area contributed by atoms with Crippen LogP contribution in [0.4, 0.5) is 0 Å². The Morgan fingerprint density at radius 1 is 0.592 bits per heavy atom. The zero-order valence-electron chi connectivity index (χ0n) is 28.3. The van der Waals surface area contributed by atoms with E-state index in [-0.39, 0.29) is 58.8 Å². The van der Waals surface area contributed by atoms with Crippen molar-refractivity contribution in [3.05, 3.63) is 29.8 Å². The molecule has 1 aliphatic rings. The summed E-state index contributed by atoms with van der Waals surface area (Å²) in [7, 11) is 0. The minimum Gasteiger partial charge on any atom is -0.494 e. The maximum atomic E-state index is 12.6. The molecule has 0 radical (unpaired) electrons. The van der Waals surface area contributed by atoms with E-state index in [9.17, 15) is 54.9 Å². The number of ether oxygens (including phenoxy) is 1. The van der Waals surface area contributed by atoms with Crippen molar-refractivity contribution < 1.29 is 59.7 Å². The third kappa shape index (κ3) is 13.8. The smallest absolute Gasteiger partial charge is 0.323 e. The van der Waals surface area contributed by atoms with E-state index < -0.39 is 67.9 Å². The highest BCUT2D eigenvalue weighted by atomic mass is 16.5. The summed E-state index contributed by atoms with van der Waals surface area (Å²) in [5.74, 6) is -4.24. The lowest BCUT2D eigenvalue weighted by Gasteiger charge is -2.39. The van der Waals surface area contributed by atoms with Gasteiger partial charge in [-0.3, -0.25) is 38.8 Å². The van der Waals surface area contributed by atoms with E-state index in [1.165, 1.54) is 14.7 Å². The Bertz CT molecular complexity index is 1120. The maximum absolute atomic E-state index is 12.6. The van der Waals surface area contributed by atoms with Gasteiger partial charge in [0.1, 0.15) is 29.9 Å². The van der Waals surface area contributed by atoms with Gasteiger partial charge >= 0.3 is 23.9 Å². The van der Waals surface area contributed by atoms with E-state index in [0.29, 0.717) is 19.4 Å². The molecule has 0 amide bonds. The van der Waals surface area contributed by atoms with Gasteiger partial charge in [-0.25, -0.2) is 0 Å². The summed E-state index contributed by atoms with van der Waals surface area (Å²) in [5, 5.41) is 69.3. The van der Waals surface area contributed by atoms with Gasteiger partial charge < -0.3 is 40.5 Å². The number of aryl methyl sites for hydroxylation is 1. The molecule has 1 heterocycles. The molecule has 4 atom stereocenters. The van der Waals surface area contributed by atoms with Crippen molar-refractivity contribution in [2.75, 3.05) is 78.8 Å². The Hall–Kier alpha value is -3.38. The molecular weight excluding hydrogens is 644 g/mol. The molecule has 0 bridgehead atoms. The summed E-state index contributed by atoms with van der Waals surface area (Å²) in [6.45, 7) is 0.410. The lowest BCUT2D eigenvalue weighted by molar-refractivity contribution is -0.149. The Kier molecular flexibility index (Phi) is 19.1. The van der Waals surface area contributed by atoms with Crippen LogP contribution in [0.3, 0.4) is 0 Å². The number of hydrogen-bond donors (Lipinski definition) is 7. The Morgan fingerprint density at radius 3 is 1.29 bits per heavy atom. The summed E-state index contributed by atoms with van der Waals surface area (Å²) in [5.41, 5.74) is 1.08. The summed E-state index contributed by atoms with van der Waals surface area (Å²) >= 11 is 0. The van der Waals surface area contributed by atoms with Crippen molar-refractivity contribution in [3.63, 3.8) is 0 Å². The number of carboxylic acid groups (broad SMARTS) is 4. The number of aliphatic hydroxyl groups is 3. The number of carboxylic acids is 4. The van der Waals surface area contributed by atoms with Crippen LogP contribution in [0.2, 0.25) is 0 Å². The SMILES string of the molecule is CCCCOc1ccc(CCCC[C@@H](C(=O)O)N2CCN(C(CO)C(=O)O)CCN([C@@H](CO)C(=O)O)CCN([C@@H](CO)C(=O)O)CC2)cc1. The molecule has 49 heavy (non-hydrogen) atoms. The van der Waals surface area contributed by atoms with E-state index in [4.69, 9.17) is 4.74 Å². The van der Waals surface area contributed by atoms with Gasteiger partial charge in [0.15, 0.2) is 0 Å². The van der Waals surface area contributed by atoms with Gasteiger partial charge in [0, 0.05) is 52.4 Å². The normalized spacial score (nSPS) is 18.8. The fourth-order valence-electron chi connectivity index (χ4n) is 5.99. The molecule has 1 aromatic carbocycles. The molecule has 1 aromatic rings. The zero-order chi connectivity index (χ0) is 36.3. The fourth-order valence-corrected chi connectivity index (χ4v) is 5.99. The minimum atomic E-state index is -1.37. The topological polar surface area (TPSA) is 232 Å². The first-order valence-electron chi connectivity index (χ1n) is 16.9. The van der Waals surface area contributed by atoms with Crippen LogP contribution in [-0.2, 0) is 25.6 Å². The second-order valence-electron chi connectivity index (χ2n) is 12.2. The van der Waals surface area contributed by atoms with E-state index in [0.717, 1.165) is 30.6 Å². The Morgan fingerprint density at radius 2 is 0.959 bits per heavy atom. The quantitative estimate of drug-likeness (QED) is 0.0858. The van der Waals surface area contributed by atoms with Crippen LogP contribution in [-0.4, -0.2) is 182 Å². The van der Waals surface area contributed by atoms with Crippen LogP contribution >= 0.6 is 0 Å². The number of carbonyl (C=O) groups is 4. The first-order chi connectivity index (χ1) is 23.5. The van der Waals surface area contributed by atoms with Crippen molar-refractivity contribution in [2.24, 2.45) is 0 Å². The van der Waals surface area contributed by atoms with Crippen LogP contribution in [0, 0.1) is 0 Å². The van der Waals surface area contributed by atoms with Crippen LogP contribution in [0.1, 0.15) is 44.6 Å². The molecule has 0 aliphatic carbocycles. The molecule has 0 saturated carbocycles. The maximum Gasteiger partial charge on any atom is 0.323 e. The first-order valence-corrected chi connectivity index (χ1v) is 16.9. The third-order valence-corrected chi connectivity index (χ3v) is 9.00. The number of rotatable bonds is 20. The van der Waals surface area contributed by atoms with Gasteiger partial charge in [-0.05, 0) is 43.4 Å². The molecule has 1 fully saturated rings. The zero-order valence-corrected chi connectivity index (χ0v) is 28.3. The molecule has 1 saturated heterocycles. The summed E-state index contributed by atoms with van der Waals surface area (Å²) < 4.78 is 5.71. The Labute approximate surface area is 287 Å². The third-order valence-electron chi connectivity index (χ3n) is 9.00. The molecular formula is C33H54N4O12. The predicted octanol–water partition coefficient (Wildman–Crippen LogP) is -0.410. The average Bonchev–Trinajstić information content (AvgIpc) is 3.05. The van der Waals surface area contributed by atoms with E-state index >= 15 is 0 Å². The van der Waals surface area contributed by atoms with E-state index in [1.807, 2.05) is 24.3 Å². The average molecular weight is 699 g/mol. The summed E-state index contributed by atoms with van der Waals surface area (Å²) in [6, 6.07) is 2.74. The fraction of sp³-hybridized carbons (Fsp3) is 0.697. The van der Waals surface area contributed by atoms with Gasteiger partial charge in [0.2, 0.25) is 0 Å². The summed E-state index contributed by atoms with van der Waals surface area (Å²) in [4.78, 5) is 54.6. The largest absolute Gasteiger partial charge is 0.494 e. The highest BCUT2D eigenvalue weighted by molar-refractivity contribution is 5.75. The second kappa shape index (κ2) is 22.4. The number of nitrogens with zero attached hydrogens (tertiary/aromatic N) is 4. The van der Waals surface area contributed by atoms with Crippen LogP contribution in [0.25, 0.3) is 0 Å². The van der Waals surface area contributed by atoms with Crippen LogP contribution < -0.4 is 4.74 Å². The standard InChI is InChI=1S/C33H54N4O12/c1-2-3-20-49-25-10-8-24(9-11-25)6-4-5-7-26(30(41)42)34-12-14-35(27(21-38)31(43)44)16-18-37(29(23-40)33(47)48)19-17-36(15-13-34)28(22-39)32(45)46/h8-11,26-29,38-40H,2-7,12-23H2,1H3,(H,41,42)(H,43,44)(H,45,46)(H,47,48)/t26-,27-,28?,29-/m0/s1. The van der Waals surface area contributed by atoms with Crippen molar-refractivity contribution >= 4 is 23.9 Å². The van der Waals surface area contributed by atoms with Gasteiger partial charge in [0.25, 0.3) is 0 Å². The molecule has 7 N–H and O–H groups in total. The molecule has 2 rings (SSSR count). The van der Waals surface area contributed by atoms with E-state index in [1.54, 1.807) is 4.90 Å². The van der Waals surface area contributed by atoms with Crippen LogP contribution in [0.5, 0.6) is 5.75 Å². The molecule has 16 nitrogen and oxygen atoms in total. The molecule has 278 valence electrons. The molecule has 1 unspecified atom stereocenters. The van der Waals surface area contributed by atoms with Gasteiger partial charge in [-0.2, -0.15) is 0 Å². The number of aliphatic hydroxyl groups excluding tert-OH is 3. The lowest BCUT2D eigenvalue weighted by Crippen LogP contribution is -2.57. The van der Waals surface area contributed by atoms with Gasteiger partial charge in [0.05, 0.1) is 26.4 Å². The van der Waals surface area contributed by atoms with Crippen LogP contribution in [0.15, 0.2) is 24.3 Å². The number of hydrogen-bond acceptors (Lipinski definition) is 12. The molecule has 0 spiro atoms. The van der Waals surface area contributed by atoms with Crippen molar-refractivity contribution in [2.45, 2.75) is 69.6 Å². The molecule has 0 aromatic heterocycles. The first kappa shape index (κ1) is 41.8. The van der Waals surface area contributed by atoms with Crippen molar-refractivity contribution in [1.29, 1.82) is 0 Å². The van der Waals surface area contributed by atoms with Crippen molar-refractivity contribution in [3.8, 4) is 5.75 Å². The molecule has 1 aliphatic heterocycles. The van der Waals surface area contributed by atoms with Crippen molar-refractivity contribution in [1.82, 2.24) is 19.6 Å². The van der Waals surface area contributed by atoms with Gasteiger partial charge in [-0.15, -0.1) is 0 Å². The number of unbranched alkanes of at least 4 members (excludes halogenated alkanes) is 2. The minimum absolute atomic E-state index is 0.00104. The lowest BCUT2D eigenvalue weighted by atomic mass is 10.0. The number of benzene rings is 1. The monoisotopic (exact) mass is 698 g/mol.